The van der Waals surface area contributed by atoms with Crippen molar-refractivity contribution in [3.63, 3.8) is 0 Å². The van der Waals surface area contributed by atoms with Crippen LogP contribution in [0.1, 0.15) is 11.1 Å². The van der Waals surface area contributed by atoms with Crippen molar-refractivity contribution in [2.45, 2.75) is 17.8 Å². The van der Waals surface area contributed by atoms with Crippen molar-refractivity contribution in [3.8, 4) is 5.69 Å². The quantitative estimate of drug-likeness (QED) is 0.295. The van der Waals surface area contributed by atoms with E-state index in [1.807, 2.05) is 47.8 Å². The van der Waals surface area contributed by atoms with Gasteiger partial charge in [-0.05, 0) is 53.8 Å². The fourth-order valence-electron chi connectivity index (χ4n) is 2.72. The minimum atomic E-state index is -0.0143. The van der Waals surface area contributed by atoms with Crippen molar-refractivity contribution in [1.82, 2.24) is 9.55 Å². The van der Waals surface area contributed by atoms with Crippen LogP contribution in [0.4, 0.5) is 0 Å². The highest BCUT2D eigenvalue weighted by molar-refractivity contribution is 9.10. The number of benzene rings is 2. The van der Waals surface area contributed by atoms with Crippen LogP contribution < -0.4 is 5.56 Å². The highest BCUT2D eigenvalue weighted by Gasteiger charge is 2.14. The number of thiophene rings is 1. The molecule has 0 spiro atoms. The summed E-state index contributed by atoms with van der Waals surface area (Å²) in [6, 6.07) is 18.0. The number of hydrogen-bond donors (Lipinski definition) is 0. The van der Waals surface area contributed by atoms with Gasteiger partial charge >= 0.3 is 0 Å². The Bertz CT molecular complexity index is 1130. The molecule has 4 rings (SSSR count). The Hall–Kier alpha value is -1.89. The molecule has 0 saturated heterocycles. The van der Waals surface area contributed by atoms with Crippen LogP contribution in [0.2, 0.25) is 0 Å². The topological polar surface area (TPSA) is 34.9 Å². The first-order valence-electron chi connectivity index (χ1n) is 8.07. The second kappa shape index (κ2) is 7.39. The van der Waals surface area contributed by atoms with Crippen LogP contribution >= 0.6 is 39.0 Å². The Morgan fingerprint density at radius 2 is 1.88 bits per heavy atom. The van der Waals surface area contributed by atoms with Crippen LogP contribution in [-0.4, -0.2) is 9.55 Å². The van der Waals surface area contributed by atoms with Gasteiger partial charge in [-0.1, -0.05) is 52.0 Å². The van der Waals surface area contributed by atoms with E-state index in [2.05, 4.69) is 35.0 Å². The maximum absolute atomic E-state index is 13.1. The number of fused-ring (bicyclic) bond motifs is 1. The third kappa shape index (κ3) is 3.37. The molecule has 0 saturated carbocycles. The first-order chi connectivity index (χ1) is 12.6. The minimum Gasteiger partial charge on any atom is -0.267 e. The number of hydrogen-bond acceptors (Lipinski definition) is 4. The van der Waals surface area contributed by atoms with Gasteiger partial charge in [0.2, 0.25) is 0 Å². The predicted molar refractivity (Wildman–Crippen MR) is 114 cm³/mol. The van der Waals surface area contributed by atoms with Gasteiger partial charge in [0.05, 0.1) is 11.2 Å². The lowest BCUT2D eigenvalue weighted by Gasteiger charge is -2.13. The fourth-order valence-corrected chi connectivity index (χ4v) is 4.83. The van der Waals surface area contributed by atoms with Crippen LogP contribution in [0.25, 0.3) is 15.9 Å². The van der Waals surface area contributed by atoms with E-state index in [0.717, 1.165) is 21.4 Å². The Balaban J connectivity index is 1.82. The maximum Gasteiger partial charge on any atom is 0.276 e. The highest BCUT2D eigenvalue weighted by Crippen LogP contribution is 2.27. The predicted octanol–water partition coefficient (Wildman–Crippen LogP) is 5.81. The largest absolute Gasteiger partial charge is 0.276 e. The zero-order chi connectivity index (χ0) is 18.1. The van der Waals surface area contributed by atoms with E-state index in [-0.39, 0.29) is 5.56 Å². The third-order valence-corrected chi connectivity index (χ3v) is 6.56. The molecule has 0 aliphatic heterocycles. The van der Waals surface area contributed by atoms with Crippen LogP contribution in [-0.2, 0) is 5.75 Å². The van der Waals surface area contributed by atoms with E-state index in [1.165, 1.54) is 22.5 Å². The number of halogens is 1. The summed E-state index contributed by atoms with van der Waals surface area (Å²) < 4.78 is 3.38. The molecule has 0 aliphatic carbocycles. The lowest BCUT2D eigenvalue weighted by Crippen LogP contribution is -2.20. The molecule has 0 unspecified atom stereocenters. The van der Waals surface area contributed by atoms with Crippen molar-refractivity contribution < 1.29 is 0 Å². The van der Waals surface area contributed by atoms with E-state index in [0.29, 0.717) is 9.86 Å². The van der Waals surface area contributed by atoms with Gasteiger partial charge in [-0.3, -0.25) is 9.36 Å². The summed E-state index contributed by atoms with van der Waals surface area (Å²) in [5.74, 6) is 0.769. The maximum atomic E-state index is 13.1. The molecule has 130 valence electrons. The van der Waals surface area contributed by atoms with Gasteiger partial charge in [0.25, 0.3) is 5.56 Å². The van der Waals surface area contributed by atoms with Gasteiger partial charge in [0.1, 0.15) is 4.70 Å². The zero-order valence-corrected chi connectivity index (χ0v) is 17.2. The Morgan fingerprint density at radius 1 is 1.12 bits per heavy atom. The van der Waals surface area contributed by atoms with Gasteiger partial charge < -0.3 is 0 Å². The molecule has 2 heterocycles. The van der Waals surface area contributed by atoms with E-state index in [1.54, 1.807) is 16.3 Å². The summed E-state index contributed by atoms with van der Waals surface area (Å²) in [5, 5.41) is 2.63. The normalized spacial score (nSPS) is 11.2. The smallest absolute Gasteiger partial charge is 0.267 e. The van der Waals surface area contributed by atoms with E-state index >= 15 is 0 Å². The summed E-state index contributed by atoms with van der Waals surface area (Å²) in [4.78, 5) is 17.8. The summed E-state index contributed by atoms with van der Waals surface area (Å²) in [7, 11) is 0. The first-order valence-corrected chi connectivity index (χ1v) is 10.7. The molecule has 0 N–H and O–H groups in total. The molecule has 3 nitrogen and oxygen atoms in total. The minimum absolute atomic E-state index is 0.0143. The Labute approximate surface area is 167 Å². The Morgan fingerprint density at radius 3 is 2.65 bits per heavy atom. The molecule has 4 aromatic rings. The molecule has 0 bridgehead atoms. The van der Waals surface area contributed by atoms with Crippen molar-refractivity contribution in [2.24, 2.45) is 0 Å². The van der Waals surface area contributed by atoms with E-state index < -0.39 is 0 Å². The number of aryl methyl sites for hydroxylation is 1. The number of thioether (sulfide) groups is 1. The fraction of sp³-hybridized carbons (Fsp3) is 0.100. The van der Waals surface area contributed by atoms with Crippen molar-refractivity contribution >= 4 is 49.2 Å². The average molecular weight is 443 g/mol. The standard InChI is InChI=1S/C20H15BrN2OS2/c1-13-4-2-3-5-14(13)12-26-20-22-17-10-11-25-18(17)19(24)23(20)16-8-6-15(21)7-9-16/h2-11H,12H2,1H3. The number of rotatable bonds is 4. The third-order valence-electron chi connectivity index (χ3n) is 4.15. The van der Waals surface area contributed by atoms with Gasteiger partial charge in [-0.2, -0.15) is 0 Å². The van der Waals surface area contributed by atoms with Crippen molar-refractivity contribution in [2.75, 3.05) is 0 Å². The highest BCUT2D eigenvalue weighted by atomic mass is 79.9. The van der Waals surface area contributed by atoms with Gasteiger partial charge in [-0.15, -0.1) is 11.3 Å². The van der Waals surface area contributed by atoms with E-state index in [4.69, 9.17) is 4.98 Å². The molecule has 0 aliphatic rings. The molecule has 0 fully saturated rings. The van der Waals surface area contributed by atoms with Gasteiger partial charge in [0, 0.05) is 10.2 Å². The second-order valence-electron chi connectivity index (χ2n) is 5.86. The van der Waals surface area contributed by atoms with E-state index in [9.17, 15) is 4.79 Å². The summed E-state index contributed by atoms with van der Waals surface area (Å²) >= 11 is 6.48. The van der Waals surface area contributed by atoms with Gasteiger partial charge in [0.15, 0.2) is 5.16 Å². The molecule has 26 heavy (non-hydrogen) atoms. The molecule has 2 aromatic carbocycles. The molecular formula is C20H15BrN2OS2. The van der Waals surface area contributed by atoms with Gasteiger partial charge in [-0.25, -0.2) is 4.98 Å². The number of aromatic nitrogens is 2. The Kier molecular flexibility index (Phi) is 4.98. The van der Waals surface area contributed by atoms with Crippen LogP contribution in [0.15, 0.2) is 74.4 Å². The molecule has 0 amide bonds. The summed E-state index contributed by atoms with van der Waals surface area (Å²) in [5.41, 5.74) is 4.07. The van der Waals surface area contributed by atoms with Crippen LogP contribution in [0, 0.1) is 6.92 Å². The van der Waals surface area contributed by atoms with Crippen molar-refractivity contribution in [3.05, 3.63) is 85.9 Å². The summed E-state index contributed by atoms with van der Waals surface area (Å²) in [6.45, 7) is 2.10. The lowest BCUT2D eigenvalue weighted by atomic mass is 10.1. The first kappa shape index (κ1) is 17.5. The van der Waals surface area contributed by atoms with Crippen LogP contribution in [0.3, 0.4) is 0 Å². The SMILES string of the molecule is Cc1ccccc1CSc1nc2ccsc2c(=O)n1-c1ccc(Br)cc1. The monoisotopic (exact) mass is 442 g/mol. The van der Waals surface area contributed by atoms with Crippen molar-refractivity contribution in [1.29, 1.82) is 0 Å². The summed E-state index contributed by atoms with van der Waals surface area (Å²) in [6.07, 6.45) is 0. The average Bonchev–Trinajstić information content (AvgIpc) is 3.11. The lowest BCUT2D eigenvalue weighted by molar-refractivity contribution is 0.822. The zero-order valence-electron chi connectivity index (χ0n) is 14.0. The molecule has 0 atom stereocenters. The molecule has 6 heteroatoms. The van der Waals surface area contributed by atoms with Crippen LogP contribution in [0.5, 0.6) is 0 Å². The molecular weight excluding hydrogens is 428 g/mol. The molecule has 2 aromatic heterocycles. The molecule has 0 radical (unpaired) electrons. The second-order valence-corrected chi connectivity index (χ2v) is 8.64. The number of nitrogens with zero attached hydrogens (tertiary/aromatic N) is 2.